The minimum absolute atomic E-state index is 0.0277. The van der Waals surface area contributed by atoms with Crippen LogP contribution in [0, 0.1) is 0 Å². The van der Waals surface area contributed by atoms with E-state index in [0.29, 0.717) is 40.0 Å². The molecule has 3 N–H and O–H groups in total. The predicted octanol–water partition coefficient (Wildman–Crippen LogP) is 3.81. The first-order valence-electron chi connectivity index (χ1n) is 7.11. The van der Waals surface area contributed by atoms with Gasteiger partial charge in [-0.3, -0.25) is 0 Å². The van der Waals surface area contributed by atoms with Crippen LogP contribution in [0.2, 0.25) is 10.0 Å². The molecule has 1 fully saturated rings. The zero-order valence-electron chi connectivity index (χ0n) is 11.8. The van der Waals surface area contributed by atoms with Gasteiger partial charge < -0.3 is 15.7 Å². The number of hydrogen-bond donors (Lipinski definition) is 3. The van der Waals surface area contributed by atoms with Crippen molar-refractivity contribution in [3.8, 4) is 0 Å². The summed E-state index contributed by atoms with van der Waals surface area (Å²) in [5.74, 6) is 1.65. The second kappa shape index (κ2) is 6.69. The van der Waals surface area contributed by atoms with Gasteiger partial charge in [-0.2, -0.15) is 4.98 Å². The first-order valence-corrected chi connectivity index (χ1v) is 7.87. The minimum atomic E-state index is 0.0277. The van der Waals surface area contributed by atoms with Gasteiger partial charge in [-0.05, 0) is 31.0 Å². The van der Waals surface area contributed by atoms with Crippen molar-refractivity contribution in [2.75, 3.05) is 23.8 Å². The highest BCUT2D eigenvalue weighted by Crippen LogP contribution is 2.40. The van der Waals surface area contributed by atoms with Gasteiger partial charge in [0.2, 0.25) is 5.95 Å². The highest BCUT2D eigenvalue weighted by Gasteiger charge is 2.26. The quantitative estimate of drug-likeness (QED) is 0.747. The maximum atomic E-state index is 8.92. The van der Waals surface area contributed by atoms with Gasteiger partial charge in [0, 0.05) is 23.6 Å². The minimum Gasteiger partial charge on any atom is -0.395 e. The summed E-state index contributed by atoms with van der Waals surface area (Å²) in [7, 11) is 0. The molecule has 0 aliphatic heterocycles. The summed E-state index contributed by atoms with van der Waals surface area (Å²) in [4.78, 5) is 8.88. The normalized spacial score (nSPS) is 14.0. The highest BCUT2D eigenvalue weighted by atomic mass is 35.5. The average Bonchev–Trinajstić information content (AvgIpc) is 3.33. The third-order valence-electron chi connectivity index (χ3n) is 3.33. The van der Waals surface area contributed by atoms with E-state index in [1.165, 1.54) is 0 Å². The van der Waals surface area contributed by atoms with Crippen molar-refractivity contribution in [2.24, 2.45) is 0 Å². The molecule has 1 heterocycles. The van der Waals surface area contributed by atoms with E-state index in [4.69, 9.17) is 28.3 Å². The van der Waals surface area contributed by atoms with E-state index in [9.17, 15) is 0 Å². The average molecular weight is 339 g/mol. The topological polar surface area (TPSA) is 70.1 Å². The lowest BCUT2D eigenvalue weighted by atomic mass is 10.2. The van der Waals surface area contributed by atoms with Crippen LogP contribution in [0.1, 0.15) is 24.5 Å². The Morgan fingerprint density at radius 3 is 2.73 bits per heavy atom. The van der Waals surface area contributed by atoms with Crippen LogP contribution in [0.4, 0.5) is 17.5 Å². The van der Waals surface area contributed by atoms with E-state index < -0.39 is 0 Å². The summed E-state index contributed by atoms with van der Waals surface area (Å²) in [5.41, 5.74) is 1.69. The van der Waals surface area contributed by atoms with E-state index in [1.807, 2.05) is 6.07 Å². The van der Waals surface area contributed by atoms with Crippen molar-refractivity contribution < 1.29 is 5.11 Å². The smallest absolute Gasteiger partial charge is 0.224 e. The van der Waals surface area contributed by atoms with Crippen LogP contribution >= 0.6 is 23.2 Å². The lowest BCUT2D eigenvalue weighted by Crippen LogP contribution is -2.10. The predicted molar refractivity (Wildman–Crippen MR) is 89.3 cm³/mol. The molecular weight excluding hydrogens is 323 g/mol. The molecule has 0 unspecified atom stereocenters. The lowest BCUT2D eigenvalue weighted by Gasteiger charge is -2.12. The Kier molecular flexibility index (Phi) is 4.66. The number of aliphatic hydroxyl groups is 1. The van der Waals surface area contributed by atoms with Gasteiger partial charge in [0.05, 0.1) is 23.0 Å². The fourth-order valence-electron chi connectivity index (χ4n) is 2.10. The Morgan fingerprint density at radius 1 is 1.18 bits per heavy atom. The van der Waals surface area contributed by atoms with E-state index in [0.717, 1.165) is 18.5 Å². The number of rotatable bonds is 6. The van der Waals surface area contributed by atoms with Gasteiger partial charge in [0.1, 0.15) is 5.82 Å². The van der Waals surface area contributed by atoms with Crippen molar-refractivity contribution in [3.63, 3.8) is 0 Å². The van der Waals surface area contributed by atoms with Crippen LogP contribution < -0.4 is 10.6 Å². The Hall–Kier alpha value is -1.56. The number of nitrogens with one attached hydrogen (secondary N) is 2. The summed E-state index contributed by atoms with van der Waals surface area (Å²) < 4.78 is 0. The van der Waals surface area contributed by atoms with Crippen molar-refractivity contribution in [2.45, 2.75) is 18.8 Å². The molecule has 3 rings (SSSR count). The molecule has 0 radical (unpaired) electrons. The largest absolute Gasteiger partial charge is 0.395 e. The van der Waals surface area contributed by atoms with E-state index in [2.05, 4.69) is 20.6 Å². The maximum absolute atomic E-state index is 8.92. The van der Waals surface area contributed by atoms with Crippen LogP contribution in [0.15, 0.2) is 24.3 Å². The molecule has 2 aromatic rings. The number of aliphatic hydroxyl groups excluding tert-OH is 1. The van der Waals surface area contributed by atoms with Crippen LogP contribution in [0.3, 0.4) is 0 Å². The maximum Gasteiger partial charge on any atom is 0.224 e. The van der Waals surface area contributed by atoms with E-state index >= 15 is 0 Å². The summed E-state index contributed by atoms with van der Waals surface area (Å²) in [5, 5.41) is 16.3. The number of halogens is 2. The molecule has 5 nitrogen and oxygen atoms in total. The molecule has 1 saturated carbocycles. The Labute approximate surface area is 138 Å². The fraction of sp³-hybridized carbons (Fsp3) is 0.333. The van der Waals surface area contributed by atoms with Crippen LogP contribution in [0.5, 0.6) is 0 Å². The SMILES string of the molecule is OCCNc1nc(Nc2cc(Cl)ccc2Cl)cc(C2CC2)n1. The molecule has 1 aliphatic rings. The molecule has 0 amide bonds. The summed E-state index contributed by atoms with van der Waals surface area (Å²) in [6, 6.07) is 7.15. The summed E-state index contributed by atoms with van der Waals surface area (Å²) in [6.45, 7) is 0.436. The highest BCUT2D eigenvalue weighted by molar-refractivity contribution is 6.35. The fourth-order valence-corrected chi connectivity index (χ4v) is 2.43. The standard InChI is InChI=1S/C15H16Cl2N4O/c16-10-3-4-11(17)13(7-10)19-14-8-12(9-1-2-9)20-15(21-14)18-5-6-22/h3-4,7-9,22H,1-2,5-6H2,(H2,18,19,20,21). The van der Waals surface area contributed by atoms with Gasteiger partial charge >= 0.3 is 0 Å². The number of anilines is 3. The van der Waals surface area contributed by atoms with Crippen LogP contribution in [-0.2, 0) is 0 Å². The van der Waals surface area contributed by atoms with Crippen LogP contribution in [-0.4, -0.2) is 28.2 Å². The molecule has 0 atom stereocenters. The number of aromatic nitrogens is 2. The molecule has 1 aromatic heterocycles. The molecular formula is C15H16Cl2N4O. The van der Waals surface area contributed by atoms with Gasteiger partial charge in [-0.1, -0.05) is 23.2 Å². The second-order valence-corrected chi connectivity index (χ2v) is 6.02. The molecule has 0 spiro atoms. The molecule has 1 aliphatic carbocycles. The monoisotopic (exact) mass is 338 g/mol. The molecule has 1 aromatic carbocycles. The second-order valence-electron chi connectivity index (χ2n) is 5.18. The Bertz CT molecular complexity index is 677. The molecule has 7 heteroatoms. The number of benzene rings is 1. The van der Waals surface area contributed by atoms with Gasteiger partial charge in [-0.15, -0.1) is 0 Å². The van der Waals surface area contributed by atoms with Crippen molar-refractivity contribution in [1.29, 1.82) is 0 Å². The molecule has 0 saturated heterocycles. The van der Waals surface area contributed by atoms with Crippen molar-refractivity contribution in [1.82, 2.24) is 9.97 Å². The summed E-state index contributed by atoms with van der Waals surface area (Å²) in [6.07, 6.45) is 2.29. The molecule has 22 heavy (non-hydrogen) atoms. The summed E-state index contributed by atoms with van der Waals surface area (Å²) >= 11 is 12.2. The first-order chi connectivity index (χ1) is 10.7. The number of hydrogen-bond acceptors (Lipinski definition) is 5. The Balaban J connectivity index is 1.88. The van der Waals surface area contributed by atoms with Gasteiger partial charge in [0.25, 0.3) is 0 Å². The molecule has 0 bridgehead atoms. The number of nitrogens with zero attached hydrogens (tertiary/aromatic N) is 2. The first kappa shape index (κ1) is 15.3. The Morgan fingerprint density at radius 2 is 2.00 bits per heavy atom. The third kappa shape index (κ3) is 3.80. The molecule has 116 valence electrons. The van der Waals surface area contributed by atoms with Crippen molar-refractivity contribution in [3.05, 3.63) is 40.0 Å². The lowest BCUT2D eigenvalue weighted by molar-refractivity contribution is 0.311. The zero-order valence-corrected chi connectivity index (χ0v) is 13.3. The van der Waals surface area contributed by atoms with Crippen LogP contribution in [0.25, 0.3) is 0 Å². The zero-order chi connectivity index (χ0) is 15.5. The van der Waals surface area contributed by atoms with E-state index in [-0.39, 0.29) is 6.61 Å². The van der Waals surface area contributed by atoms with E-state index in [1.54, 1.807) is 18.2 Å². The van der Waals surface area contributed by atoms with Crippen molar-refractivity contribution >= 4 is 40.7 Å². The van der Waals surface area contributed by atoms with Gasteiger partial charge in [-0.25, -0.2) is 4.98 Å². The van der Waals surface area contributed by atoms with Gasteiger partial charge in [0.15, 0.2) is 0 Å². The third-order valence-corrected chi connectivity index (χ3v) is 3.89.